The SMILES string of the molecule is CS(=O)(=O)Nc1c(C#N)c(SCc2ccccc2Cl)nn1-c1ccccc1. The molecule has 1 heterocycles. The number of para-hydroxylation sites is 1. The number of anilines is 1. The number of nitrogens with one attached hydrogen (secondary N) is 1. The van der Waals surface area contributed by atoms with Gasteiger partial charge in [0.25, 0.3) is 0 Å². The van der Waals surface area contributed by atoms with Crippen molar-refractivity contribution in [1.29, 1.82) is 5.26 Å². The summed E-state index contributed by atoms with van der Waals surface area (Å²) in [6.45, 7) is 0. The zero-order valence-electron chi connectivity index (χ0n) is 14.3. The summed E-state index contributed by atoms with van der Waals surface area (Å²) in [6, 6.07) is 18.5. The van der Waals surface area contributed by atoms with E-state index >= 15 is 0 Å². The number of halogens is 1. The molecule has 0 aliphatic heterocycles. The minimum absolute atomic E-state index is 0.118. The molecule has 0 saturated carbocycles. The second-order valence-electron chi connectivity index (χ2n) is 5.64. The molecule has 0 amide bonds. The summed E-state index contributed by atoms with van der Waals surface area (Å²) in [5.41, 5.74) is 1.71. The molecule has 3 aromatic rings. The van der Waals surface area contributed by atoms with Crippen molar-refractivity contribution in [3.05, 3.63) is 70.7 Å². The van der Waals surface area contributed by atoms with Crippen LogP contribution in [-0.2, 0) is 15.8 Å². The molecule has 0 aliphatic carbocycles. The summed E-state index contributed by atoms with van der Waals surface area (Å²) in [6.07, 6.45) is 1.03. The smallest absolute Gasteiger partial charge is 0.231 e. The van der Waals surface area contributed by atoms with Crippen molar-refractivity contribution in [2.75, 3.05) is 11.0 Å². The predicted molar refractivity (Wildman–Crippen MR) is 108 cm³/mol. The lowest BCUT2D eigenvalue weighted by molar-refractivity contribution is 0.606. The van der Waals surface area contributed by atoms with Gasteiger partial charge in [-0.15, -0.1) is 0 Å². The molecular weight excluding hydrogens is 404 g/mol. The summed E-state index contributed by atoms with van der Waals surface area (Å²) < 4.78 is 27.4. The molecule has 0 saturated heterocycles. The molecule has 138 valence electrons. The maximum atomic E-state index is 11.8. The number of hydrogen-bond donors (Lipinski definition) is 1. The first-order chi connectivity index (χ1) is 12.9. The van der Waals surface area contributed by atoms with Crippen LogP contribution in [0.15, 0.2) is 59.6 Å². The molecule has 3 rings (SSSR count). The van der Waals surface area contributed by atoms with Crippen molar-refractivity contribution in [2.24, 2.45) is 0 Å². The van der Waals surface area contributed by atoms with Crippen LogP contribution in [0, 0.1) is 11.3 Å². The lowest BCUT2D eigenvalue weighted by atomic mass is 10.2. The summed E-state index contributed by atoms with van der Waals surface area (Å²) in [5.74, 6) is 0.617. The number of sulfonamides is 1. The molecule has 0 fully saturated rings. The number of thioether (sulfide) groups is 1. The maximum Gasteiger partial charge on any atom is 0.231 e. The van der Waals surface area contributed by atoms with Gasteiger partial charge in [0.1, 0.15) is 16.7 Å². The highest BCUT2D eigenvalue weighted by Crippen LogP contribution is 2.33. The van der Waals surface area contributed by atoms with E-state index in [1.54, 1.807) is 18.2 Å². The van der Waals surface area contributed by atoms with Gasteiger partial charge in [-0.05, 0) is 23.8 Å². The molecule has 6 nitrogen and oxygen atoms in total. The van der Waals surface area contributed by atoms with Crippen LogP contribution in [0.25, 0.3) is 5.69 Å². The fourth-order valence-electron chi connectivity index (χ4n) is 2.39. The lowest BCUT2D eigenvalue weighted by Crippen LogP contribution is -2.14. The van der Waals surface area contributed by atoms with Gasteiger partial charge in [0.2, 0.25) is 10.0 Å². The van der Waals surface area contributed by atoms with Crippen LogP contribution in [-0.4, -0.2) is 24.5 Å². The molecule has 0 aliphatic rings. The van der Waals surface area contributed by atoms with Crippen LogP contribution in [0.5, 0.6) is 0 Å². The van der Waals surface area contributed by atoms with Crippen molar-refractivity contribution >= 4 is 39.2 Å². The number of aromatic nitrogens is 2. The third-order valence-electron chi connectivity index (χ3n) is 3.57. The Balaban J connectivity index is 2.04. The summed E-state index contributed by atoms with van der Waals surface area (Å²) in [4.78, 5) is 0. The maximum absolute atomic E-state index is 11.8. The normalized spacial score (nSPS) is 11.1. The molecule has 0 unspecified atom stereocenters. The van der Waals surface area contributed by atoms with Gasteiger partial charge in [-0.25, -0.2) is 13.1 Å². The van der Waals surface area contributed by atoms with Gasteiger partial charge in [-0.2, -0.15) is 10.4 Å². The highest BCUT2D eigenvalue weighted by Gasteiger charge is 2.22. The van der Waals surface area contributed by atoms with E-state index in [9.17, 15) is 13.7 Å². The zero-order chi connectivity index (χ0) is 19.4. The lowest BCUT2D eigenvalue weighted by Gasteiger charge is -2.08. The van der Waals surface area contributed by atoms with Gasteiger partial charge in [-0.3, -0.25) is 4.72 Å². The van der Waals surface area contributed by atoms with Crippen LogP contribution >= 0.6 is 23.4 Å². The number of benzene rings is 2. The van der Waals surface area contributed by atoms with Gasteiger partial charge in [0, 0.05) is 10.8 Å². The van der Waals surface area contributed by atoms with Crippen LogP contribution in [0.4, 0.5) is 5.82 Å². The first-order valence-corrected chi connectivity index (χ1v) is 11.1. The highest BCUT2D eigenvalue weighted by atomic mass is 35.5. The van der Waals surface area contributed by atoms with E-state index in [2.05, 4.69) is 15.9 Å². The molecule has 1 aromatic heterocycles. The van der Waals surface area contributed by atoms with E-state index in [0.717, 1.165) is 11.8 Å². The van der Waals surface area contributed by atoms with Crippen molar-refractivity contribution in [3.63, 3.8) is 0 Å². The Bertz CT molecular complexity index is 1110. The molecule has 0 radical (unpaired) electrons. The van der Waals surface area contributed by atoms with E-state index in [1.807, 2.05) is 36.4 Å². The quantitative estimate of drug-likeness (QED) is 0.610. The van der Waals surface area contributed by atoms with Gasteiger partial charge >= 0.3 is 0 Å². The van der Waals surface area contributed by atoms with Crippen LogP contribution in [0.1, 0.15) is 11.1 Å². The molecular formula is C18H15ClN4O2S2. The fourth-order valence-corrected chi connectivity index (χ4v) is 4.18. The second kappa shape index (κ2) is 8.05. The first kappa shape index (κ1) is 19.3. The number of hydrogen-bond acceptors (Lipinski definition) is 5. The molecule has 0 bridgehead atoms. The number of nitriles is 1. The molecule has 2 aromatic carbocycles. The number of rotatable bonds is 6. The second-order valence-corrected chi connectivity index (χ2v) is 8.76. The molecule has 0 atom stereocenters. The van der Waals surface area contributed by atoms with Crippen LogP contribution in [0.3, 0.4) is 0 Å². The predicted octanol–water partition coefficient (Wildman–Crippen LogP) is 4.06. The Labute approximate surface area is 166 Å². The van der Waals surface area contributed by atoms with Crippen molar-refractivity contribution < 1.29 is 8.42 Å². The topological polar surface area (TPSA) is 87.8 Å². The van der Waals surface area contributed by atoms with Crippen molar-refractivity contribution in [3.8, 4) is 11.8 Å². The molecule has 0 spiro atoms. The molecule has 27 heavy (non-hydrogen) atoms. The van der Waals surface area contributed by atoms with Gasteiger partial charge in [-0.1, -0.05) is 59.8 Å². The van der Waals surface area contributed by atoms with E-state index in [1.165, 1.54) is 16.4 Å². The summed E-state index contributed by atoms with van der Waals surface area (Å²) in [7, 11) is -3.59. The van der Waals surface area contributed by atoms with Gasteiger partial charge in [0.15, 0.2) is 5.82 Å². The summed E-state index contributed by atoms with van der Waals surface area (Å²) in [5, 5.41) is 15.1. The van der Waals surface area contributed by atoms with E-state index < -0.39 is 10.0 Å². The minimum atomic E-state index is -3.59. The molecule has 9 heteroatoms. The average molecular weight is 419 g/mol. The van der Waals surface area contributed by atoms with E-state index in [0.29, 0.717) is 21.5 Å². The summed E-state index contributed by atoms with van der Waals surface area (Å²) >= 11 is 7.51. The minimum Gasteiger partial charge on any atom is -0.266 e. The van der Waals surface area contributed by atoms with Crippen molar-refractivity contribution in [2.45, 2.75) is 10.8 Å². The standard InChI is InChI=1S/C18H15ClN4O2S2/c1-27(24,25)22-17-15(11-20)18(21-23(17)14-8-3-2-4-9-14)26-12-13-7-5-6-10-16(13)19/h2-10,22H,12H2,1H3. The Kier molecular flexibility index (Phi) is 5.75. The highest BCUT2D eigenvalue weighted by molar-refractivity contribution is 7.98. The fraction of sp³-hybridized carbons (Fsp3) is 0.111. The third kappa shape index (κ3) is 4.63. The largest absolute Gasteiger partial charge is 0.266 e. The van der Waals surface area contributed by atoms with Crippen LogP contribution < -0.4 is 4.72 Å². The Morgan fingerprint density at radius 3 is 2.48 bits per heavy atom. The van der Waals surface area contributed by atoms with Crippen LogP contribution in [0.2, 0.25) is 5.02 Å². The first-order valence-electron chi connectivity index (χ1n) is 7.81. The third-order valence-corrected chi connectivity index (χ3v) is 5.52. The van der Waals surface area contributed by atoms with E-state index in [-0.39, 0.29) is 11.4 Å². The van der Waals surface area contributed by atoms with Gasteiger partial charge in [0.05, 0.1) is 11.9 Å². The number of nitrogens with zero attached hydrogens (tertiary/aromatic N) is 3. The average Bonchev–Trinajstić information content (AvgIpc) is 2.97. The Morgan fingerprint density at radius 2 is 1.85 bits per heavy atom. The molecule has 1 N–H and O–H groups in total. The monoisotopic (exact) mass is 418 g/mol. The van der Waals surface area contributed by atoms with Gasteiger partial charge < -0.3 is 0 Å². The Hall–Kier alpha value is -2.47. The Morgan fingerprint density at radius 1 is 1.19 bits per heavy atom. The zero-order valence-corrected chi connectivity index (χ0v) is 16.6. The van der Waals surface area contributed by atoms with E-state index in [4.69, 9.17) is 11.6 Å². The van der Waals surface area contributed by atoms with Crippen molar-refractivity contribution in [1.82, 2.24) is 9.78 Å².